The molecule has 0 radical (unpaired) electrons. The summed E-state index contributed by atoms with van der Waals surface area (Å²) >= 11 is 0. The Morgan fingerprint density at radius 1 is 1.10 bits per heavy atom. The second-order valence-electron chi connectivity index (χ2n) is 14.8. The summed E-state index contributed by atoms with van der Waals surface area (Å²) in [7, 11) is -3.74. The first kappa shape index (κ1) is 36.4. The van der Waals surface area contributed by atoms with E-state index in [0.29, 0.717) is 43.4 Å². The van der Waals surface area contributed by atoms with Crippen molar-refractivity contribution < 1.29 is 27.1 Å². The molecule has 0 bridgehead atoms. The standard InChI is InChI=1S/C35H51FN8O5S/c1-4-43(24(2)3)34(46)28-18-26(36)9-12-30(28)49-31-19-38-23-39-33(31)42-21-35(22-42)13-16-41(17-14-35)20-25-7-10-27(11-8-25)40-50(47,48)44-15-5-6-29(44)32(37)45/h9,12,18-19,23-25,27,29,40H,4-8,10-11,13-17,20-22H2,1-3H3,(H2,37,45). The van der Waals surface area contributed by atoms with E-state index in [1.54, 1.807) is 11.1 Å². The summed E-state index contributed by atoms with van der Waals surface area (Å²) in [5.74, 6) is 0.507. The Kier molecular flexibility index (Phi) is 11.0. The van der Waals surface area contributed by atoms with Crippen LogP contribution < -0.4 is 20.1 Å². The van der Waals surface area contributed by atoms with Gasteiger partial charge in [0.2, 0.25) is 5.91 Å². The van der Waals surface area contributed by atoms with E-state index in [4.69, 9.17) is 10.5 Å². The van der Waals surface area contributed by atoms with Gasteiger partial charge in [-0.2, -0.15) is 17.4 Å². The minimum absolute atomic E-state index is 0.0498. The van der Waals surface area contributed by atoms with Crippen LogP contribution in [0.25, 0.3) is 0 Å². The number of benzene rings is 1. The second-order valence-corrected chi connectivity index (χ2v) is 16.5. The van der Waals surface area contributed by atoms with E-state index >= 15 is 0 Å². The Hall–Kier alpha value is -3.40. The highest BCUT2D eigenvalue weighted by atomic mass is 32.2. The maximum atomic E-state index is 14.3. The molecule has 3 saturated heterocycles. The molecule has 1 saturated carbocycles. The number of likely N-dealkylation sites (tertiary alicyclic amines) is 1. The molecule has 13 nitrogen and oxygen atoms in total. The molecule has 1 aromatic carbocycles. The van der Waals surface area contributed by atoms with E-state index in [9.17, 15) is 22.4 Å². The molecule has 1 spiro atoms. The molecule has 1 unspecified atom stereocenters. The minimum Gasteiger partial charge on any atom is -0.451 e. The van der Waals surface area contributed by atoms with E-state index in [1.165, 1.54) is 28.8 Å². The van der Waals surface area contributed by atoms with Gasteiger partial charge in [0.05, 0.1) is 11.8 Å². The monoisotopic (exact) mass is 714 g/mol. The lowest BCUT2D eigenvalue weighted by Gasteiger charge is -2.54. The lowest BCUT2D eigenvalue weighted by Crippen LogP contribution is -2.61. The first-order valence-electron chi connectivity index (χ1n) is 18.0. The highest BCUT2D eigenvalue weighted by Gasteiger charge is 2.46. The van der Waals surface area contributed by atoms with Crippen LogP contribution in [-0.4, -0.2) is 108 Å². The largest absolute Gasteiger partial charge is 0.451 e. The molecule has 4 heterocycles. The first-order valence-corrected chi connectivity index (χ1v) is 19.5. The molecule has 3 N–H and O–H groups in total. The first-order chi connectivity index (χ1) is 23.9. The van der Waals surface area contributed by atoms with Gasteiger partial charge in [0.1, 0.15) is 23.9 Å². The molecule has 50 heavy (non-hydrogen) atoms. The van der Waals surface area contributed by atoms with Crippen molar-refractivity contribution in [2.24, 2.45) is 17.1 Å². The van der Waals surface area contributed by atoms with Crippen molar-refractivity contribution in [3.8, 4) is 11.5 Å². The predicted octanol–water partition coefficient (Wildman–Crippen LogP) is 3.52. The number of primary amides is 1. The number of piperidine rings is 1. The number of amides is 2. The van der Waals surface area contributed by atoms with Crippen molar-refractivity contribution in [2.45, 2.75) is 90.3 Å². The molecule has 2 amide bonds. The Bertz CT molecular complexity index is 1640. The summed E-state index contributed by atoms with van der Waals surface area (Å²) in [6.45, 7) is 11.3. The lowest BCUT2D eigenvalue weighted by atomic mass is 9.71. The van der Waals surface area contributed by atoms with Crippen molar-refractivity contribution >= 4 is 27.8 Å². The number of carbonyl (C=O) groups is 2. The Labute approximate surface area is 294 Å². The average Bonchev–Trinajstić information content (AvgIpc) is 3.58. The number of anilines is 1. The Morgan fingerprint density at radius 3 is 2.48 bits per heavy atom. The summed E-state index contributed by atoms with van der Waals surface area (Å²) in [5, 5.41) is 0. The van der Waals surface area contributed by atoms with Gasteiger partial charge in [-0.3, -0.25) is 9.59 Å². The van der Waals surface area contributed by atoms with Crippen molar-refractivity contribution in [3.05, 3.63) is 42.1 Å². The third-order valence-corrected chi connectivity index (χ3v) is 12.7. The zero-order chi connectivity index (χ0) is 35.6. The summed E-state index contributed by atoms with van der Waals surface area (Å²) in [6.07, 6.45) is 9.88. The topological polar surface area (TPSA) is 154 Å². The maximum absolute atomic E-state index is 14.3. The minimum atomic E-state index is -3.74. The van der Waals surface area contributed by atoms with Gasteiger partial charge in [-0.15, -0.1) is 0 Å². The SMILES string of the molecule is CCN(C(=O)c1cc(F)ccc1Oc1cncnc1N1CC2(CCN(CC3CCC(NS(=O)(=O)N4CCCC4C(N)=O)CC3)CC2)C1)C(C)C. The van der Waals surface area contributed by atoms with Gasteiger partial charge in [-0.05, 0) is 109 Å². The second kappa shape index (κ2) is 15.1. The maximum Gasteiger partial charge on any atom is 0.280 e. The highest BCUT2D eigenvalue weighted by molar-refractivity contribution is 7.87. The Balaban J connectivity index is 0.989. The lowest BCUT2D eigenvalue weighted by molar-refractivity contribution is -0.121. The summed E-state index contributed by atoms with van der Waals surface area (Å²) in [4.78, 5) is 40.2. The quantitative estimate of drug-likeness (QED) is 0.336. The smallest absolute Gasteiger partial charge is 0.280 e. The van der Waals surface area contributed by atoms with Crippen LogP contribution in [0.5, 0.6) is 11.5 Å². The number of halogens is 1. The molecular formula is C35H51FN8O5S. The number of hydrogen-bond acceptors (Lipinski definition) is 9. The van der Waals surface area contributed by atoms with E-state index in [0.717, 1.165) is 71.2 Å². The van der Waals surface area contributed by atoms with Crippen molar-refractivity contribution in [2.75, 3.05) is 50.7 Å². The van der Waals surface area contributed by atoms with Gasteiger partial charge < -0.3 is 25.2 Å². The van der Waals surface area contributed by atoms with E-state index in [1.807, 2.05) is 20.8 Å². The number of rotatable bonds is 12. The number of ether oxygens (including phenoxy) is 1. The fourth-order valence-electron chi connectivity index (χ4n) is 8.25. The molecule has 4 fully saturated rings. The van der Waals surface area contributed by atoms with Crippen LogP contribution in [0.3, 0.4) is 0 Å². The van der Waals surface area contributed by atoms with Gasteiger partial charge in [0, 0.05) is 50.2 Å². The zero-order valence-electron chi connectivity index (χ0n) is 29.4. The molecule has 6 rings (SSSR count). The number of aromatic nitrogens is 2. The van der Waals surface area contributed by atoms with Crippen LogP contribution >= 0.6 is 0 Å². The predicted molar refractivity (Wildman–Crippen MR) is 187 cm³/mol. The summed E-state index contributed by atoms with van der Waals surface area (Å²) in [5.41, 5.74) is 5.81. The molecule has 4 aliphatic rings. The molecule has 2 aromatic rings. The molecule has 274 valence electrons. The molecule has 1 atom stereocenters. The number of hydrogen-bond donors (Lipinski definition) is 2. The van der Waals surface area contributed by atoms with Crippen LogP contribution in [0, 0.1) is 17.2 Å². The molecular weight excluding hydrogens is 664 g/mol. The molecule has 1 aromatic heterocycles. The van der Waals surface area contributed by atoms with Crippen molar-refractivity contribution in [3.63, 3.8) is 0 Å². The van der Waals surface area contributed by atoms with Crippen LogP contribution in [0.4, 0.5) is 10.2 Å². The number of nitrogens with one attached hydrogen (secondary N) is 1. The van der Waals surface area contributed by atoms with Crippen LogP contribution in [0.15, 0.2) is 30.7 Å². The van der Waals surface area contributed by atoms with Crippen LogP contribution in [-0.2, 0) is 15.0 Å². The van der Waals surface area contributed by atoms with Gasteiger partial charge >= 0.3 is 0 Å². The third-order valence-electron chi connectivity index (χ3n) is 11.1. The van der Waals surface area contributed by atoms with Gasteiger partial charge in [-0.1, -0.05) is 0 Å². The number of carbonyl (C=O) groups excluding carboxylic acids is 2. The van der Waals surface area contributed by atoms with Gasteiger partial charge in [0.25, 0.3) is 16.1 Å². The normalized spacial score (nSPS) is 24.3. The Morgan fingerprint density at radius 2 is 1.82 bits per heavy atom. The summed E-state index contributed by atoms with van der Waals surface area (Å²) in [6, 6.07) is 3.08. The van der Waals surface area contributed by atoms with Crippen LogP contribution in [0.1, 0.15) is 82.5 Å². The number of nitrogens with two attached hydrogens (primary N) is 1. The van der Waals surface area contributed by atoms with Crippen LogP contribution in [0.2, 0.25) is 0 Å². The van der Waals surface area contributed by atoms with E-state index in [-0.39, 0.29) is 34.7 Å². The fraction of sp³-hybridized carbons (Fsp3) is 0.657. The summed E-state index contributed by atoms with van der Waals surface area (Å²) < 4.78 is 50.6. The van der Waals surface area contributed by atoms with E-state index < -0.39 is 28.0 Å². The van der Waals surface area contributed by atoms with Gasteiger partial charge in [0.15, 0.2) is 11.6 Å². The van der Waals surface area contributed by atoms with Crippen molar-refractivity contribution in [1.82, 2.24) is 28.8 Å². The fourth-order valence-corrected chi connectivity index (χ4v) is 9.96. The zero-order valence-corrected chi connectivity index (χ0v) is 30.2. The molecule has 1 aliphatic carbocycles. The molecule has 3 aliphatic heterocycles. The van der Waals surface area contributed by atoms with E-state index in [2.05, 4.69) is 24.5 Å². The third kappa shape index (κ3) is 7.90. The van der Waals surface area contributed by atoms with Gasteiger partial charge in [-0.25, -0.2) is 14.4 Å². The highest BCUT2D eigenvalue weighted by Crippen LogP contribution is 2.45. The number of nitrogens with zero attached hydrogens (tertiary/aromatic N) is 6. The van der Waals surface area contributed by atoms with Crippen molar-refractivity contribution in [1.29, 1.82) is 0 Å². The average molecular weight is 715 g/mol. The molecule has 15 heteroatoms.